The first kappa shape index (κ1) is 13.3. The molecule has 2 nitrogen and oxygen atoms in total. The van der Waals surface area contributed by atoms with Gasteiger partial charge in [0, 0.05) is 12.5 Å². The highest BCUT2D eigenvalue weighted by atomic mass is 35.5. The largest absolute Gasteiger partial charge is 0.378 e. The molecule has 1 aliphatic heterocycles. The van der Waals surface area contributed by atoms with Gasteiger partial charge in [0.2, 0.25) is 0 Å². The molecule has 0 saturated carbocycles. The predicted molar refractivity (Wildman–Crippen MR) is 65.6 cm³/mol. The molecule has 1 rings (SSSR count). The quantitative estimate of drug-likeness (QED) is 0.489. The smallest absolute Gasteiger partial charge is 0.0588 e. The van der Waals surface area contributed by atoms with Crippen molar-refractivity contribution in [2.45, 2.75) is 51.0 Å². The Hall–Kier alpha value is 0.210. The summed E-state index contributed by atoms with van der Waals surface area (Å²) in [6.45, 7) is 3.23. The van der Waals surface area contributed by atoms with Gasteiger partial charge >= 0.3 is 0 Å². The van der Waals surface area contributed by atoms with Crippen LogP contribution in [-0.2, 0) is 4.74 Å². The normalized spacial score (nSPS) is 21.0. The zero-order valence-electron chi connectivity index (χ0n) is 9.64. The second-order valence-corrected chi connectivity index (χ2v) is 4.65. The summed E-state index contributed by atoms with van der Waals surface area (Å²) in [5.41, 5.74) is 0. The SMILES string of the molecule is ClCCCCCCNCCC1CCCO1. The predicted octanol–water partition coefficient (Wildman–Crippen LogP) is 2.94. The van der Waals surface area contributed by atoms with Gasteiger partial charge in [0.15, 0.2) is 0 Å². The topological polar surface area (TPSA) is 21.3 Å². The van der Waals surface area contributed by atoms with Crippen molar-refractivity contribution in [1.29, 1.82) is 0 Å². The van der Waals surface area contributed by atoms with Gasteiger partial charge in [0.1, 0.15) is 0 Å². The van der Waals surface area contributed by atoms with Crippen LogP contribution >= 0.6 is 11.6 Å². The molecule has 0 spiro atoms. The lowest BCUT2D eigenvalue weighted by Crippen LogP contribution is -2.21. The third-order valence-corrected chi connectivity index (χ3v) is 3.17. The Balaban J connectivity index is 1.73. The first-order chi connectivity index (χ1) is 7.43. The molecule has 1 unspecified atom stereocenters. The van der Waals surface area contributed by atoms with Gasteiger partial charge in [-0.3, -0.25) is 0 Å². The number of hydrogen-bond donors (Lipinski definition) is 1. The average Bonchev–Trinajstić information content (AvgIpc) is 2.75. The molecule has 0 aromatic rings. The van der Waals surface area contributed by atoms with E-state index in [1.807, 2.05) is 0 Å². The van der Waals surface area contributed by atoms with Crippen molar-refractivity contribution < 1.29 is 4.74 Å². The Morgan fingerprint density at radius 2 is 2.00 bits per heavy atom. The fourth-order valence-corrected chi connectivity index (χ4v) is 2.15. The number of rotatable bonds is 9. The van der Waals surface area contributed by atoms with E-state index in [1.54, 1.807) is 0 Å². The lowest BCUT2D eigenvalue weighted by molar-refractivity contribution is 0.104. The molecule has 90 valence electrons. The van der Waals surface area contributed by atoms with E-state index >= 15 is 0 Å². The van der Waals surface area contributed by atoms with Gasteiger partial charge in [-0.1, -0.05) is 12.8 Å². The Morgan fingerprint density at radius 3 is 2.73 bits per heavy atom. The van der Waals surface area contributed by atoms with Crippen LogP contribution in [0.25, 0.3) is 0 Å². The number of unbranched alkanes of at least 4 members (excludes halogenated alkanes) is 3. The zero-order valence-corrected chi connectivity index (χ0v) is 10.4. The van der Waals surface area contributed by atoms with E-state index in [9.17, 15) is 0 Å². The highest BCUT2D eigenvalue weighted by Gasteiger charge is 2.13. The first-order valence-electron chi connectivity index (χ1n) is 6.32. The van der Waals surface area contributed by atoms with Gasteiger partial charge in [0.05, 0.1) is 6.10 Å². The van der Waals surface area contributed by atoms with E-state index in [4.69, 9.17) is 16.3 Å². The van der Waals surface area contributed by atoms with E-state index in [2.05, 4.69) is 5.32 Å². The number of halogens is 1. The fraction of sp³-hybridized carbons (Fsp3) is 1.00. The molecule has 3 heteroatoms. The standard InChI is InChI=1S/C12H24ClNO/c13-8-3-1-2-4-9-14-10-7-12-6-5-11-15-12/h12,14H,1-11H2. The van der Waals surface area contributed by atoms with E-state index in [0.717, 1.165) is 32.0 Å². The minimum absolute atomic E-state index is 0.536. The lowest BCUT2D eigenvalue weighted by Gasteiger charge is -2.09. The van der Waals surface area contributed by atoms with Crippen LogP contribution in [0.2, 0.25) is 0 Å². The maximum Gasteiger partial charge on any atom is 0.0588 e. The summed E-state index contributed by atoms with van der Waals surface area (Å²) in [4.78, 5) is 0. The third-order valence-electron chi connectivity index (χ3n) is 2.90. The molecule has 0 aliphatic carbocycles. The number of ether oxygens (including phenoxy) is 1. The van der Waals surface area contributed by atoms with Crippen molar-refractivity contribution in [3.8, 4) is 0 Å². The average molecular weight is 234 g/mol. The molecule has 1 atom stereocenters. The summed E-state index contributed by atoms with van der Waals surface area (Å²) < 4.78 is 5.56. The number of alkyl halides is 1. The Labute approximate surface area is 98.7 Å². The number of hydrogen-bond acceptors (Lipinski definition) is 2. The second-order valence-electron chi connectivity index (χ2n) is 4.28. The summed E-state index contributed by atoms with van der Waals surface area (Å²) in [5.74, 6) is 0.812. The molecule has 0 radical (unpaired) electrons. The maximum absolute atomic E-state index is 5.61. The summed E-state index contributed by atoms with van der Waals surface area (Å²) in [6, 6.07) is 0. The Bertz CT molecular complexity index is 138. The monoisotopic (exact) mass is 233 g/mol. The molecule has 1 aliphatic rings. The van der Waals surface area contributed by atoms with Crippen molar-refractivity contribution >= 4 is 11.6 Å². The lowest BCUT2D eigenvalue weighted by atomic mass is 10.2. The minimum atomic E-state index is 0.536. The van der Waals surface area contributed by atoms with Crippen LogP contribution in [0.3, 0.4) is 0 Å². The molecule has 1 N–H and O–H groups in total. The highest BCUT2D eigenvalue weighted by molar-refractivity contribution is 6.17. The molecule has 15 heavy (non-hydrogen) atoms. The summed E-state index contributed by atoms with van der Waals surface area (Å²) >= 11 is 5.61. The van der Waals surface area contributed by atoms with Crippen molar-refractivity contribution in [3.63, 3.8) is 0 Å². The highest BCUT2D eigenvalue weighted by Crippen LogP contribution is 2.14. The van der Waals surface area contributed by atoms with E-state index in [0.29, 0.717) is 6.10 Å². The van der Waals surface area contributed by atoms with E-state index < -0.39 is 0 Å². The van der Waals surface area contributed by atoms with Gasteiger partial charge in [0.25, 0.3) is 0 Å². The van der Waals surface area contributed by atoms with Crippen LogP contribution in [0.4, 0.5) is 0 Å². The summed E-state index contributed by atoms with van der Waals surface area (Å²) in [7, 11) is 0. The van der Waals surface area contributed by atoms with Crippen LogP contribution in [-0.4, -0.2) is 31.7 Å². The van der Waals surface area contributed by atoms with Crippen LogP contribution in [0.15, 0.2) is 0 Å². The molecule has 1 saturated heterocycles. The van der Waals surface area contributed by atoms with E-state index in [-0.39, 0.29) is 0 Å². The molecule has 0 bridgehead atoms. The Morgan fingerprint density at radius 1 is 1.13 bits per heavy atom. The van der Waals surface area contributed by atoms with Crippen molar-refractivity contribution in [2.24, 2.45) is 0 Å². The van der Waals surface area contributed by atoms with Gasteiger partial charge in [-0.25, -0.2) is 0 Å². The molecule has 1 heterocycles. The molecular weight excluding hydrogens is 210 g/mol. The molecule has 0 aromatic carbocycles. The number of nitrogens with one attached hydrogen (secondary N) is 1. The molecular formula is C12H24ClNO. The van der Waals surface area contributed by atoms with Crippen LogP contribution in [0, 0.1) is 0 Å². The van der Waals surface area contributed by atoms with Crippen LogP contribution in [0.5, 0.6) is 0 Å². The third kappa shape index (κ3) is 7.15. The second kappa shape index (κ2) is 9.44. The van der Waals surface area contributed by atoms with Gasteiger partial charge < -0.3 is 10.1 Å². The Kier molecular flexibility index (Phi) is 8.35. The van der Waals surface area contributed by atoms with Crippen molar-refractivity contribution in [1.82, 2.24) is 5.32 Å². The summed E-state index contributed by atoms with van der Waals surface area (Å²) in [5, 5.41) is 3.48. The van der Waals surface area contributed by atoms with Crippen LogP contribution in [0.1, 0.15) is 44.9 Å². The van der Waals surface area contributed by atoms with Gasteiger partial charge in [-0.15, -0.1) is 11.6 Å². The zero-order chi connectivity index (χ0) is 10.8. The van der Waals surface area contributed by atoms with E-state index in [1.165, 1.54) is 38.5 Å². The minimum Gasteiger partial charge on any atom is -0.378 e. The van der Waals surface area contributed by atoms with Crippen molar-refractivity contribution in [2.75, 3.05) is 25.6 Å². The van der Waals surface area contributed by atoms with Crippen molar-refractivity contribution in [3.05, 3.63) is 0 Å². The van der Waals surface area contributed by atoms with Gasteiger partial charge in [-0.05, 0) is 45.2 Å². The maximum atomic E-state index is 5.61. The molecule has 1 fully saturated rings. The first-order valence-corrected chi connectivity index (χ1v) is 6.85. The molecule has 0 amide bonds. The summed E-state index contributed by atoms with van der Waals surface area (Å²) in [6.07, 6.45) is 9.26. The van der Waals surface area contributed by atoms with Crippen LogP contribution < -0.4 is 5.32 Å². The fourth-order valence-electron chi connectivity index (χ4n) is 1.96. The van der Waals surface area contributed by atoms with Gasteiger partial charge in [-0.2, -0.15) is 0 Å². The molecule has 0 aromatic heterocycles.